The molecule has 2 aromatic carbocycles. The first-order valence-corrected chi connectivity index (χ1v) is 10.4. The molecule has 0 N–H and O–H groups in total. The molecule has 2 rings (SSSR count). The van der Waals surface area contributed by atoms with E-state index in [9.17, 15) is 47.9 Å². The molecule has 0 aliphatic rings. The van der Waals surface area contributed by atoms with Crippen molar-refractivity contribution < 1.29 is 52.8 Å². The zero-order valence-electron chi connectivity index (χ0n) is 16.5. The van der Waals surface area contributed by atoms with Gasteiger partial charge in [0.2, 0.25) is 0 Å². The fourth-order valence-electron chi connectivity index (χ4n) is 2.45. The second kappa shape index (κ2) is 9.52. The first kappa shape index (κ1) is 27.6. The molecule has 0 aromatic heterocycles. The molecule has 0 saturated heterocycles. The van der Waals surface area contributed by atoms with Crippen LogP contribution in [0.2, 0.25) is 5.02 Å². The summed E-state index contributed by atoms with van der Waals surface area (Å²) in [6, 6.07) is 3.67. The van der Waals surface area contributed by atoms with Crippen LogP contribution in [0.15, 0.2) is 41.6 Å². The maximum Gasteiger partial charge on any atom is 0.483 e. The molecular formula is C18H11ClF9N2O3S-. The second-order valence-corrected chi connectivity index (χ2v) is 8.52. The molecule has 0 aliphatic carbocycles. The topological polar surface area (TPSA) is 69.8 Å². The summed E-state index contributed by atoms with van der Waals surface area (Å²) in [5.74, 6) is 0. The predicted molar refractivity (Wildman–Crippen MR) is 103 cm³/mol. The van der Waals surface area contributed by atoms with E-state index in [0.29, 0.717) is 12.1 Å². The summed E-state index contributed by atoms with van der Waals surface area (Å²) in [6.45, 7) is 0.126. The van der Waals surface area contributed by atoms with Crippen LogP contribution in [0.25, 0.3) is 4.72 Å². The van der Waals surface area contributed by atoms with Crippen molar-refractivity contribution in [2.45, 2.75) is 31.4 Å². The largest absolute Gasteiger partial charge is 0.569 e. The second-order valence-electron chi connectivity index (χ2n) is 6.49. The zero-order chi connectivity index (χ0) is 26.1. The van der Waals surface area contributed by atoms with E-state index in [0.717, 1.165) is 25.1 Å². The molecule has 2 aromatic rings. The van der Waals surface area contributed by atoms with Gasteiger partial charge < -0.3 is 9.56 Å². The molecule has 0 atom stereocenters. The maximum absolute atomic E-state index is 13.2. The lowest BCUT2D eigenvalue weighted by Gasteiger charge is -2.26. The van der Waals surface area contributed by atoms with Crippen molar-refractivity contribution >= 4 is 33.0 Å². The molecule has 5 nitrogen and oxygen atoms in total. The molecule has 0 amide bonds. The Bertz CT molecular complexity index is 1190. The summed E-state index contributed by atoms with van der Waals surface area (Å²) in [5.41, 5.74) is -11.0. The average molecular weight is 542 g/mol. The molecule has 0 saturated carbocycles. The van der Waals surface area contributed by atoms with E-state index in [2.05, 4.69) is 9.88 Å². The van der Waals surface area contributed by atoms with Gasteiger partial charge in [-0.3, -0.25) is 0 Å². The number of alkyl halides is 9. The van der Waals surface area contributed by atoms with Crippen molar-refractivity contribution in [3.63, 3.8) is 0 Å². The Kier molecular flexibility index (Phi) is 7.72. The van der Waals surface area contributed by atoms with Crippen LogP contribution in [0.3, 0.4) is 0 Å². The fraction of sp³-hybridized carbons (Fsp3) is 0.278. The molecule has 16 heteroatoms. The molecule has 0 bridgehead atoms. The van der Waals surface area contributed by atoms with Crippen molar-refractivity contribution in [2.24, 2.45) is 5.16 Å². The van der Waals surface area contributed by atoms with E-state index in [1.54, 1.807) is 0 Å². The van der Waals surface area contributed by atoms with Crippen LogP contribution in [0.1, 0.15) is 29.2 Å². The number of hydrogen-bond acceptors (Lipinski definition) is 4. The van der Waals surface area contributed by atoms with E-state index >= 15 is 0 Å². The number of benzene rings is 2. The minimum Gasteiger partial charge on any atom is -0.569 e. The van der Waals surface area contributed by atoms with Crippen molar-refractivity contribution in [3.8, 4) is 0 Å². The highest BCUT2D eigenvalue weighted by Gasteiger charge is 2.40. The van der Waals surface area contributed by atoms with E-state index < -0.39 is 56.9 Å². The number of nitrogens with zero attached hydrogens (tertiary/aromatic N) is 2. The van der Waals surface area contributed by atoms with Crippen LogP contribution in [0.5, 0.6) is 0 Å². The third kappa shape index (κ3) is 6.68. The standard InChI is InChI=1S/C18H11ClF9N2O3S/c1-9(13-7-12(19)4-5-15(13)30-34(31,32)18(26,27)28)29-33-8-10-2-3-11(16(20,21)22)6-14(10)17(23,24)25/h2-7H,8H2,1H3/q-1. The van der Waals surface area contributed by atoms with Gasteiger partial charge in [0.05, 0.1) is 16.8 Å². The van der Waals surface area contributed by atoms with Gasteiger partial charge in [-0.25, -0.2) is 8.42 Å². The van der Waals surface area contributed by atoms with Gasteiger partial charge in [0.25, 0.3) is 0 Å². The molecule has 0 fully saturated rings. The van der Waals surface area contributed by atoms with Gasteiger partial charge in [0.1, 0.15) is 6.61 Å². The number of hydrogen-bond donors (Lipinski definition) is 0. The van der Waals surface area contributed by atoms with E-state index in [1.165, 1.54) is 0 Å². The van der Waals surface area contributed by atoms with E-state index in [4.69, 9.17) is 16.4 Å². The number of sulfonamides is 1. The first-order valence-electron chi connectivity index (χ1n) is 8.61. The van der Waals surface area contributed by atoms with Crippen LogP contribution in [0, 0.1) is 0 Å². The summed E-state index contributed by atoms with van der Waals surface area (Å²) in [6.07, 6.45) is -10.2. The molecule has 0 radical (unpaired) electrons. The lowest BCUT2D eigenvalue weighted by molar-refractivity contribution is -0.143. The SMILES string of the molecule is CC(=NOCc1ccc(C(F)(F)F)cc1C(F)(F)F)c1cc(Cl)ccc1[N-]S(=O)(=O)C(F)(F)F. The van der Waals surface area contributed by atoms with Gasteiger partial charge in [-0.2, -0.15) is 39.5 Å². The van der Waals surface area contributed by atoms with Gasteiger partial charge >= 0.3 is 17.9 Å². The third-order valence-corrected chi connectivity index (χ3v) is 5.28. The lowest BCUT2D eigenvalue weighted by Crippen LogP contribution is -2.21. The quantitative estimate of drug-likeness (QED) is 0.221. The van der Waals surface area contributed by atoms with Crippen LogP contribution >= 0.6 is 11.6 Å². The highest BCUT2D eigenvalue weighted by molar-refractivity contribution is 7.95. The summed E-state index contributed by atoms with van der Waals surface area (Å²) >= 11 is 5.75. The number of oxime groups is 1. The van der Waals surface area contributed by atoms with E-state index in [-0.39, 0.29) is 22.4 Å². The number of rotatable bonds is 6. The highest BCUT2D eigenvalue weighted by Crippen LogP contribution is 2.39. The molecule has 0 aliphatic heterocycles. The van der Waals surface area contributed by atoms with Crippen LogP contribution in [-0.2, 0) is 33.8 Å². The molecule has 34 heavy (non-hydrogen) atoms. The fourth-order valence-corrected chi connectivity index (χ4v) is 3.14. The smallest absolute Gasteiger partial charge is 0.483 e. The van der Waals surface area contributed by atoms with Crippen molar-refractivity contribution in [1.29, 1.82) is 0 Å². The van der Waals surface area contributed by atoms with E-state index in [1.807, 2.05) is 0 Å². The molecule has 0 unspecified atom stereocenters. The van der Waals surface area contributed by atoms with Gasteiger partial charge in [-0.15, -0.1) is 5.69 Å². The first-order chi connectivity index (χ1) is 15.3. The van der Waals surface area contributed by atoms with Gasteiger partial charge in [-0.05, 0) is 36.8 Å². The van der Waals surface area contributed by atoms with Gasteiger partial charge in [0.15, 0.2) is 10.0 Å². The molecular weight excluding hydrogens is 531 g/mol. The Hall–Kier alpha value is -2.68. The molecule has 188 valence electrons. The summed E-state index contributed by atoms with van der Waals surface area (Å²) in [4.78, 5) is 4.74. The van der Waals surface area contributed by atoms with Gasteiger partial charge in [-0.1, -0.05) is 28.9 Å². The normalized spacial score (nSPS) is 13.7. The predicted octanol–water partition coefficient (Wildman–Crippen LogP) is 7.17. The third-order valence-electron chi connectivity index (χ3n) is 4.02. The average Bonchev–Trinajstić information content (AvgIpc) is 2.66. The number of halogens is 10. The van der Waals surface area contributed by atoms with Gasteiger partial charge in [0, 0.05) is 10.6 Å². The van der Waals surface area contributed by atoms with Crippen molar-refractivity contribution in [1.82, 2.24) is 0 Å². The summed E-state index contributed by atoms with van der Waals surface area (Å²) < 4.78 is 141. The summed E-state index contributed by atoms with van der Waals surface area (Å²) in [7, 11) is -5.95. The monoisotopic (exact) mass is 541 g/mol. The Morgan fingerprint density at radius 1 is 0.971 bits per heavy atom. The van der Waals surface area contributed by atoms with Crippen molar-refractivity contribution in [3.05, 3.63) is 68.4 Å². The highest BCUT2D eigenvalue weighted by atomic mass is 35.5. The Labute approximate surface area is 191 Å². The van der Waals surface area contributed by atoms with Crippen LogP contribution in [0.4, 0.5) is 45.2 Å². The Morgan fingerprint density at radius 3 is 2.12 bits per heavy atom. The minimum absolute atomic E-state index is 0.0741. The zero-order valence-corrected chi connectivity index (χ0v) is 18.1. The van der Waals surface area contributed by atoms with Crippen molar-refractivity contribution in [2.75, 3.05) is 0 Å². The summed E-state index contributed by atoms with van der Waals surface area (Å²) in [5, 5.41) is 3.34. The van der Waals surface area contributed by atoms with Crippen LogP contribution in [-0.4, -0.2) is 19.6 Å². The van der Waals surface area contributed by atoms with Crippen LogP contribution < -0.4 is 0 Å². The molecule has 0 heterocycles. The minimum atomic E-state index is -5.95. The maximum atomic E-state index is 13.2. The Morgan fingerprint density at radius 2 is 1.59 bits per heavy atom. The Balaban J connectivity index is 2.34. The molecule has 0 spiro atoms. The lowest BCUT2D eigenvalue weighted by atomic mass is 10.0.